The molecule has 2 rings (SSSR count). The number of nitrogens with one attached hydrogen (secondary N) is 1. The number of hydrogen-bond acceptors (Lipinski definition) is 2. The molecule has 1 saturated carbocycles. The first kappa shape index (κ1) is 13.1. The highest BCUT2D eigenvalue weighted by atomic mass is 16.2. The van der Waals surface area contributed by atoms with Gasteiger partial charge in [-0.25, -0.2) is 0 Å². The summed E-state index contributed by atoms with van der Waals surface area (Å²) in [5.41, 5.74) is 7.15. The van der Waals surface area contributed by atoms with E-state index in [1.165, 1.54) is 5.56 Å². The topological polar surface area (TPSA) is 55.1 Å². The fraction of sp³-hybridized carbons (Fsp3) is 0.533. The lowest BCUT2D eigenvalue weighted by Crippen LogP contribution is -2.49. The minimum absolute atomic E-state index is 0.00262. The van der Waals surface area contributed by atoms with Crippen LogP contribution in [0.1, 0.15) is 31.7 Å². The van der Waals surface area contributed by atoms with Crippen LogP contribution in [0.2, 0.25) is 0 Å². The van der Waals surface area contributed by atoms with E-state index in [1.807, 2.05) is 18.2 Å². The van der Waals surface area contributed by atoms with Gasteiger partial charge in [-0.05, 0) is 37.2 Å². The van der Waals surface area contributed by atoms with E-state index in [0.717, 1.165) is 25.2 Å². The molecule has 1 aromatic carbocycles. The third-order valence-electron chi connectivity index (χ3n) is 3.64. The van der Waals surface area contributed by atoms with Gasteiger partial charge in [-0.1, -0.05) is 37.3 Å². The minimum atomic E-state index is -0.388. The van der Waals surface area contributed by atoms with Crippen LogP contribution in [0.4, 0.5) is 0 Å². The number of rotatable bonds is 5. The monoisotopic (exact) mass is 246 g/mol. The molecular weight excluding hydrogens is 224 g/mol. The quantitative estimate of drug-likeness (QED) is 0.833. The van der Waals surface area contributed by atoms with E-state index < -0.39 is 0 Å². The molecule has 0 aromatic heterocycles. The van der Waals surface area contributed by atoms with Crippen LogP contribution in [-0.4, -0.2) is 18.0 Å². The van der Waals surface area contributed by atoms with Crippen molar-refractivity contribution in [2.45, 2.75) is 44.7 Å². The number of carbonyl (C=O) groups is 1. The molecule has 1 aromatic rings. The molecule has 3 heteroatoms. The lowest BCUT2D eigenvalue weighted by atomic mass is 9.82. The molecule has 0 radical (unpaired) electrons. The van der Waals surface area contributed by atoms with Gasteiger partial charge in [-0.15, -0.1) is 0 Å². The third kappa shape index (κ3) is 3.57. The van der Waals surface area contributed by atoms with E-state index in [-0.39, 0.29) is 11.9 Å². The number of carbonyl (C=O) groups excluding carboxylic acids is 1. The molecule has 0 bridgehead atoms. The molecule has 1 atom stereocenters. The zero-order valence-electron chi connectivity index (χ0n) is 10.9. The highest BCUT2D eigenvalue weighted by molar-refractivity contribution is 5.81. The molecule has 0 aliphatic heterocycles. The van der Waals surface area contributed by atoms with E-state index in [9.17, 15) is 4.79 Å². The Kier molecular flexibility index (Phi) is 4.37. The zero-order chi connectivity index (χ0) is 13.0. The summed E-state index contributed by atoms with van der Waals surface area (Å²) >= 11 is 0. The van der Waals surface area contributed by atoms with E-state index in [2.05, 4.69) is 24.4 Å². The second kappa shape index (κ2) is 6.01. The molecule has 0 spiro atoms. The first-order valence-electron chi connectivity index (χ1n) is 6.75. The van der Waals surface area contributed by atoms with Crippen LogP contribution < -0.4 is 11.1 Å². The van der Waals surface area contributed by atoms with Crippen LogP contribution in [0.5, 0.6) is 0 Å². The second-order valence-corrected chi connectivity index (χ2v) is 5.41. The maximum atomic E-state index is 11.8. The Morgan fingerprint density at radius 2 is 2.06 bits per heavy atom. The maximum Gasteiger partial charge on any atom is 0.237 e. The Bertz CT molecular complexity index is 385. The predicted molar refractivity (Wildman–Crippen MR) is 73.1 cm³/mol. The molecular formula is C15H22N2O. The third-order valence-corrected chi connectivity index (χ3v) is 3.64. The first-order chi connectivity index (χ1) is 8.65. The molecule has 1 amide bonds. The van der Waals surface area contributed by atoms with Gasteiger partial charge in [-0.2, -0.15) is 0 Å². The van der Waals surface area contributed by atoms with Gasteiger partial charge in [0.15, 0.2) is 0 Å². The zero-order valence-corrected chi connectivity index (χ0v) is 10.9. The lowest BCUT2D eigenvalue weighted by molar-refractivity contribution is -0.124. The summed E-state index contributed by atoms with van der Waals surface area (Å²) in [6, 6.07) is 10.1. The van der Waals surface area contributed by atoms with Crippen molar-refractivity contribution in [2.24, 2.45) is 11.7 Å². The van der Waals surface area contributed by atoms with Gasteiger partial charge in [0.25, 0.3) is 0 Å². The van der Waals surface area contributed by atoms with Crippen molar-refractivity contribution in [1.82, 2.24) is 5.32 Å². The molecule has 1 aliphatic carbocycles. The summed E-state index contributed by atoms with van der Waals surface area (Å²) in [6.45, 7) is 2.21. The van der Waals surface area contributed by atoms with Crippen molar-refractivity contribution in [1.29, 1.82) is 0 Å². The molecule has 1 fully saturated rings. The van der Waals surface area contributed by atoms with E-state index in [0.29, 0.717) is 12.5 Å². The van der Waals surface area contributed by atoms with E-state index in [4.69, 9.17) is 5.73 Å². The van der Waals surface area contributed by atoms with Crippen LogP contribution in [0.25, 0.3) is 0 Å². The Morgan fingerprint density at radius 1 is 1.39 bits per heavy atom. The van der Waals surface area contributed by atoms with Crippen LogP contribution in [0.15, 0.2) is 30.3 Å². The molecule has 0 heterocycles. The standard InChI is InChI=1S/C15H22N2O/c1-11-9-13(10-11)17-15(18)14(16)8-7-12-5-3-2-4-6-12/h2-6,11,13-14H,7-10,16H2,1H3,(H,17,18)/t11?,13?,14-/m0/s1. The summed E-state index contributed by atoms with van der Waals surface area (Å²) in [5.74, 6) is 0.749. The SMILES string of the molecule is CC1CC(NC(=O)[C@@H](N)CCc2ccccc2)C1. The number of aryl methyl sites for hydroxylation is 1. The van der Waals surface area contributed by atoms with Gasteiger partial charge in [-0.3, -0.25) is 4.79 Å². The predicted octanol–water partition coefficient (Wildman–Crippen LogP) is 1.86. The van der Waals surface area contributed by atoms with E-state index >= 15 is 0 Å². The Morgan fingerprint density at radius 3 is 2.67 bits per heavy atom. The van der Waals surface area contributed by atoms with Crippen LogP contribution in [0, 0.1) is 5.92 Å². The van der Waals surface area contributed by atoms with Gasteiger partial charge in [0.1, 0.15) is 0 Å². The molecule has 0 unspecified atom stereocenters. The normalized spacial score (nSPS) is 24.1. The average molecular weight is 246 g/mol. The molecule has 18 heavy (non-hydrogen) atoms. The molecule has 98 valence electrons. The first-order valence-corrected chi connectivity index (χ1v) is 6.75. The number of nitrogens with two attached hydrogens (primary N) is 1. The van der Waals surface area contributed by atoms with Gasteiger partial charge < -0.3 is 11.1 Å². The van der Waals surface area contributed by atoms with Crippen LogP contribution in [-0.2, 0) is 11.2 Å². The minimum Gasteiger partial charge on any atom is -0.352 e. The average Bonchev–Trinajstić information content (AvgIpc) is 2.35. The number of hydrogen-bond donors (Lipinski definition) is 2. The smallest absolute Gasteiger partial charge is 0.237 e. The lowest BCUT2D eigenvalue weighted by Gasteiger charge is -2.34. The second-order valence-electron chi connectivity index (χ2n) is 5.41. The molecule has 3 N–H and O–H groups in total. The highest BCUT2D eigenvalue weighted by Gasteiger charge is 2.27. The molecule has 1 aliphatic rings. The Hall–Kier alpha value is -1.35. The Balaban J connectivity index is 1.71. The van der Waals surface area contributed by atoms with Gasteiger partial charge in [0.05, 0.1) is 6.04 Å². The van der Waals surface area contributed by atoms with Crippen LogP contribution >= 0.6 is 0 Å². The van der Waals surface area contributed by atoms with Crippen LogP contribution in [0.3, 0.4) is 0 Å². The highest BCUT2D eigenvalue weighted by Crippen LogP contribution is 2.26. The molecule has 3 nitrogen and oxygen atoms in total. The number of amides is 1. The molecule has 0 saturated heterocycles. The largest absolute Gasteiger partial charge is 0.352 e. The van der Waals surface area contributed by atoms with Gasteiger partial charge in [0.2, 0.25) is 5.91 Å². The van der Waals surface area contributed by atoms with Crippen molar-refractivity contribution >= 4 is 5.91 Å². The van der Waals surface area contributed by atoms with Crippen molar-refractivity contribution < 1.29 is 4.79 Å². The van der Waals surface area contributed by atoms with Crippen molar-refractivity contribution in [3.8, 4) is 0 Å². The van der Waals surface area contributed by atoms with Gasteiger partial charge >= 0.3 is 0 Å². The summed E-state index contributed by atoms with van der Waals surface area (Å²) in [7, 11) is 0. The summed E-state index contributed by atoms with van der Waals surface area (Å²) in [5, 5.41) is 3.02. The van der Waals surface area contributed by atoms with Crippen molar-refractivity contribution in [2.75, 3.05) is 0 Å². The summed E-state index contributed by atoms with van der Waals surface area (Å²) in [6.07, 6.45) is 3.75. The van der Waals surface area contributed by atoms with Crippen molar-refractivity contribution in [3.05, 3.63) is 35.9 Å². The van der Waals surface area contributed by atoms with E-state index in [1.54, 1.807) is 0 Å². The summed E-state index contributed by atoms with van der Waals surface area (Å²) in [4.78, 5) is 11.8. The fourth-order valence-corrected chi connectivity index (χ4v) is 2.43. The maximum absolute atomic E-state index is 11.8. The van der Waals surface area contributed by atoms with Gasteiger partial charge in [0, 0.05) is 6.04 Å². The summed E-state index contributed by atoms with van der Waals surface area (Å²) < 4.78 is 0. The Labute approximate surface area is 109 Å². The fourth-order valence-electron chi connectivity index (χ4n) is 2.43. The van der Waals surface area contributed by atoms with Crippen molar-refractivity contribution in [3.63, 3.8) is 0 Å². The number of benzene rings is 1.